The van der Waals surface area contributed by atoms with Crippen molar-refractivity contribution in [3.8, 4) is 12.3 Å². The van der Waals surface area contributed by atoms with Gasteiger partial charge in [0.1, 0.15) is 0 Å². The molecule has 0 atom stereocenters. The van der Waals surface area contributed by atoms with Crippen LogP contribution in [0.3, 0.4) is 0 Å². The van der Waals surface area contributed by atoms with Crippen molar-refractivity contribution >= 4 is 11.3 Å². The van der Waals surface area contributed by atoms with Gasteiger partial charge in [0.25, 0.3) is 0 Å². The zero-order valence-corrected chi connectivity index (χ0v) is 8.50. The molecular weight excluding hydrogens is 164 g/mol. The van der Waals surface area contributed by atoms with Gasteiger partial charge in [0, 0.05) is 16.2 Å². The molecule has 64 valence electrons. The Balaban J connectivity index is 2.76. The molecule has 0 nitrogen and oxygen atoms in total. The Morgan fingerprint density at radius 3 is 2.92 bits per heavy atom. The summed E-state index contributed by atoms with van der Waals surface area (Å²) in [4.78, 5) is 2.88. The Morgan fingerprint density at radius 2 is 2.33 bits per heavy atom. The third-order valence-electron chi connectivity index (χ3n) is 1.90. The molecule has 0 aromatic carbocycles. The Kier molecular flexibility index (Phi) is 3.37. The summed E-state index contributed by atoms with van der Waals surface area (Å²) in [5.74, 6) is 2.68. The fraction of sp³-hybridized carbons (Fsp3) is 0.455. The van der Waals surface area contributed by atoms with Crippen LogP contribution in [0.1, 0.15) is 28.7 Å². The average molecular weight is 178 g/mol. The van der Waals surface area contributed by atoms with E-state index in [1.165, 1.54) is 15.3 Å². The molecule has 0 radical (unpaired) electrons. The van der Waals surface area contributed by atoms with E-state index in [2.05, 4.69) is 25.8 Å². The Bertz CT molecular complexity index is 288. The van der Waals surface area contributed by atoms with Crippen molar-refractivity contribution in [3.63, 3.8) is 0 Å². The number of rotatable bonds is 3. The van der Waals surface area contributed by atoms with Crippen LogP contribution in [-0.4, -0.2) is 0 Å². The molecule has 0 aliphatic rings. The maximum absolute atomic E-state index is 5.23. The topological polar surface area (TPSA) is 0 Å². The summed E-state index contributed by atoms with van der Waals surface area (Å²) in [5.41, 5.74) is 1.48. The second-order valence-corrected chi connectivity index (χ2v) is 4.20. The Hall–Kier alpha value is -0.740. The summed E-state index contributed by atoms with van der Waals surface area (Å²) in [6.45, 7) is 4.35. The van der Waals surface area contributed by atoms with Gasteiger partial charge in [0.15, 0.2) is 0 Å². The van der Waals surface area contributed by atoms with Crippen LogP contribution in [0.2, 0.25) is 0 Å². The predicted octanol–water partition coefficient (Wildman–Crippen LogP) is 3.18. The summed E-state index contributed by atoms with van der Waals surface area (Å²) >= 11 is 1.88. The van der Waals surface area contributed by atoms with Gasteiger partial charge in [-0.2, -0.15) is 0 Å². The van der Waals surface area contributed by atoms with Gasteiger partial charge in [0.2, 0.25) is 0 Å². The molecule has 0 aliphatic heterocycles. The second kappa shape index (κ2) is 4.33. The number of hydrogen-bond donors (Lipinski definition) is 0. The molecule has 0 bridgehead atoms. The molecule has 12 heavy (non-hydrogen) atoms. The van der Waals surface area contributed by atoms with E-state index in [1.807, 2.05) is 11.3 Å². The first kappa shape index (κ1) is 9.35. The normalized spacial score (nSPS) is 9.75. The third-order valence-corrected chi connectivity index (χ3v) is 3.05. The predicted molar refractivity (Wildman–Crippen MR) is 55.6 cm³/mol. The SMILES string of the molecule is C#CCCc1sc(C)cc1CC. The first-order chi connectivity index (χ1) is 5.77. The number of terminal acetylenes is 1. The molecule has 1 heteroatoms. The number of thiophene rings is 1. The standard InChI is InChI=1S/C11H14S/c1-4-6-7-11-10(5-2)8-9(3)12-11/h1,8H,5-7H2,2-3H3. The summed E-state index contributed by atoms with van der Waals surface area (Å²) in [6.07, 6.45) is 8.28. The van der Waals surface area contributed by atoms with Crippen molar-refractivity contribution < 1.29 is 0 Å². The highest BCUT2D eigenvalue weighted by Gasteiger charge is 2.03. The fourth-order valence-corrected chi connectivity index (χ4v) is 2.44. The monoisotopic (exact) mass is 178 g/mol. The van der Waals surface area contributed by atoms with Crippen LogP contribution >= 0.6 is 11.3 Å². The first-order valence-electron chi connectivity index (χ1n) is 4.29. The quantitative estimate of drug-likeness (QED) is 0.624. The highest BCUT2D eigenvalue weighted by molar-refractivity contribution is 7.12. The minimum absolute atomic E-state index is 0.868. The van der Waals surface area contributed by atoms with Crippen LogP contribution < -0.4 is 0 Å². The van der Waals surface area contributed by atoms with E-state index in [4.69, 9.17) is 6.42 Å². The number of hydrogen-bond acceptors (Lipinski definition) is 1. The minimum Gasteiger partial charge on any atom is -0.145 e. The van der Waals surface area contributed by atoms with Crippen molar-refractivity contribution in [3.05, 3.63) is 21.4 Å². The second-order valence-electron chi connectivity index (χ2n) is 2.86. The maximum atomic E-state index is 5.23. The van der Waals surface area contributed by atoms with Gasteiger partial charge >= 0.3 is 0 Å². The molecule has 0 spiro atoms. The van der Waals surface area contributed by atoms with E-state index in [1.54, 1.807) is 0 Å². The molecule has 1 aromatic heterocycles. The van der Waals surface area contributed by atoms with Crippen molar-refractivity contribution in [2.24, 2.45) is 0 Å². The van der Waals surface area contributed by atoms with Crippen molar-refractivity contribution in [1.82, 2.24) is 0 Å². The summed E-state index contributed by atoms with van der Waals surface area (Å²) < 4.78 is 0. The third kappa shape index (κ3) is 2.12. The maximum Gasteiger partial charge on any atom is 0.0134 e. The van der Waals surface area contributed by atoms with Gasteiger partial charge in [-0.1, -0.05) is 6.92 Å². The smallest absolute Gasteiger partial charge is 0.0134 e. The lowest BCUT2D eigenvalue weighted by Gasteiger charge is -1.96. The lowest BCUT2D eigenvalue weighted by Crippen LogP contribution is -1.84. The van der Waals surface area contributed by atoms with Crippen molar-refractivity contribution in [2.75, 3.05) is 0 Å². The molecule has 0 fully saturated rings. The summed E-state index contributed by atoms with van der Waals surface area (Å²) in [5, 5.41) is 0. The molecule has 0 saturated carbocycles. The molecule has 1 aromatic rings. The van der Waals surface area contributed by atoms with Crippen molar-refractivity contribution in [1.29, 1.82) is 0 Å². The zero-order valence-electron chi connectivity index (χ0n) is 7.68. The van der Waals surface area contributed by atoms with Crippen molar-refractivity contribution in [2.45, 2.75) is 33.1 Å². The van der Waals surface area contributed by atoms with E-state index in [-0.39, 0.29) is 0 Å². The first-order valence-corrected chi connectivity index (χ1v) is 5.11. The largest absolute Gasteiger partial charge is 0.145 e. The fourth-order valence-electron chi connectivity index (χ4n) is 1.31. The molecule has 0 saturated heterocycles. The van der Waals surface area contributed by atoms with Gasteiger partial charge in [-0.05, 0) is 31.4 Å². The van der Waals surface area contributed by atoms with E-state index >= 15 is 0 Å². The minimum atomic E-state index is 0.868. The van der Waals surface area contributed by atoms with Crippen LogP contribution in [-0.2, 0) is 12.8 Å². The van der Waals surface area contributed by atoms with E-state index in [0.29, 0.717) is 0 Å². The Labute approximate surface area is 78.6 Å². The molecule has 0 unspecified atom stereocenters. The lowest BCUT2D eigenvalue weighted by molar-refractivity contribution is 1.01. The van der Waals surface area contributed by atoms with Gasteiger partial charge in [-0.25, -0.2) is 0 Å². The zero-order chi connectivity index (χ0) is 8.97. The number of aryl methyl sites for hydroxylation is 3. The van der Waals surface area contributed by atoms with E-state index in [9.17, 15) is 0 Å². The lowest BCUT2D eigenvalue weighted by atomic mass is 10.1. The highest BCUT2D eigenvalue weighted by atomic mass is 32.1. The van der Waals surface area contributed by atoms with Crippen LogP contribution in [0.5, 0.6) is 0 Å². The molecule has 1 rings (SSSR count). The molecular formula is C11H14S. The van der Waals surface area contributed by atoms with Gasteiger partial charge < -0.3 is 0 Å². The van der Waals surface area contributed by atoms with Gasteiger partial charge in [0.05, 0.1) is 0 Å². The van der Waals surface area contributed by atoms with Gasteiger partial charge in [-0.3, -0.25) is 0 Å². The summed E-state index contributed by atoms with van der Waals surface area (Å²) in [7, 11) is 0. The molecule has 0 amide bonds. The van der Waals surface area contributed by atoms with Crippen LogP contribution in [0, 0.1) is 19.3 Å². The molecule has 0 aliphatic carbocycles. The van der Waals surface area contributed by atoms with E-state index in [0.717, 1.165) is 19.3 Å². The average Bonchev–Trinajstić information content (AvgIpc) is 2.42. The summed E-state index contributed by atoms with van der Waals surface area (Å²) in [6, 6.07) is 2.27. The van der Waals surface area contributed by atoms with Crippen LogP contribution in [0.25, 0.3) is 0 Å². The molecule has 0 N–H and O–H groups in total. The molecule has 1 heterocycles. The van der Waals surface area contributed by atoms with Crippen LogP contribution in [0.4, 0.5) is 0 Å². The Morgan fingerprint density at radius 1 is 1.58 bits per heavy atom. The highest BCUT2D eigenvalue weighted by Crippen LogP contribution is 2.23. The van der Waals surface area contributed by atoms with Crippen LogP contribution in [0.15, 0.2) is 6.07 Å². The van der Waals surface area contributed by atoms with Gasteiger partial charge in [-0.15, -0.1) is 23.7 Å². The van der Waals surface area contributed by atoms with E-state index < -0.39 is 0 Å².